The molecule has 1 atom stereocenters. The maximum atomic E-state index is 12.0. The van der Waals surface area contributed by atoms with Crippen LogP contribution in [0.5, 0.6) is 0 Å². The normalized spacial score (nSPS) is 11.6. The van der Waals surface area contributed by atoms with Gasteiger partial charge in [0.15, 0.2) is 0 Å². The van der Waals surface area contributed by atoms with Gasteiger partial charge in [0.2, 0.25) is 0 Å². The van der Waals surface area contributed by atoms with Crippen LogP contribution in [0.2, 0.25) is 0 Å². The molecule has 1 aromatic heterocycles. The number of aryl methyl sites for hydroxylation is 2. The molecular formula is C21H26ClN3O2. The van der Waals surface area contributed by atoms with Crippen molar-refractivity contribution >= 4 is 28.6 Å². The number of hydrogen-bond acceptors (Lipinski definition) is 4. The van der Waals surface area contributed by atoms with Crippen LogP contribution in [0.1, 0.15) is 48.4 Å². The van der Waals surface area contributed by atoms with Crippen molar-refractivity contribution in [2.75, 3.05) is 7.11 Å². The van der Waals surface area contributed by atoms with Crippen LogP contribution in [0.3, 0.4) is 0 Å². The molecule has 0 spiro atoms. The van der Waals surface area contributed by atoms with Crippen molar-refractivity contribution in [2.45, 2.75) is 39.0 Å². The molecule has 27 heavy (non-hydrogen) atoms. The molecule has 0 radical (unpaired) electrons. The first kappa shape index (κ1) is 20.9. The minimum absolute atomic E-state index is 0.124. The number of rotatable bonds is 5. The summed E-state index contributed by atoms with van der Waals surface area (Å²) in [5.41, 5.74) is 6.00. The summed E-state index contributed by atoms with van der Waals surface area (Å²) < 4.78 is 6.63. The van der Waals surface area contributed by atoms with Crippen LogP contribution in [0.15, 0.2) is 36.4 Å². The molecule has 0 bridgehead atoms. The summed E-state index contributed by atoms with van der Waals surface area (Å²) in [5.74, 6) is 0.0621. The number of aromatic nitrogens is 3. The van der Waals surface area contributed by atoms with E-state index in [2.05, 4.69) is 16.4 Å². The first-order valence-electron chi connectivity index (χ1n) is 9.05. The first-order valence-corrected chi connectivity index (χ1v) is 9.58. The maximum Gasteiger partial charge on any atom is 0.306 e. The number of benzene rings is 2. The van der Waals surface area contributed by atoms with Crippen LogP contribution < -0.4 is 0 Å². The van der Waals surface area contributed by atoms with E-state index >= 15 is 0 Å². The van der Waals surface area contributed by atoms with E-state index in [-0.39, 0.29) is 18.3 Å². The van der Waals surface area contributed by atoms with E-state index in [0.717, 1.165) is 33.3 Å². The van der Waals surface area contributed by atoms with Gasteiger partial charge < -0.3 is 4.74 Å². The summed E-state index contributed by atoms with van der Waals surface area (Å²) in [6, 6.07) is 12.1. The van der Waals surface area contributed by atoms with Gasteiger partial charge >= 0.3 is 5.97 Å². The van der Waals surface area contributed by atoms with Crippen molar-refractivity contribution in [1.82, 2.24) is 15.0 Å². The molecule has 2 aromatic carbocycles. The predicted octanol–water partition coefficient (Wildman–Crippen LogP) is 4.74. The number of methoxy groups -OCH3 is 1. The first-order chi connectivity index (χ1) is 13.0. The van der Waals surface area contributed by atoms with E-state index in [9.17, 15) is 4.79 Å². The van der Waals surface area contributed by atoms with Crippen molar-refractivity contribution in [1.29, 1.82) is 0 Å². The van der Waals surface area contributed by atoms with Crippen molar-refractivity contribution in [3.8, 4) is 0 Å². The molecule has 0 saturated heterocycles. The number of alkyl halides is 1. The van der Waals surface area contributed by atoms with Gasteiger partial charge in [0.25, 0.3) is 0 Å². The standard InChI is InChI=1S/C19H20ClN3O2.C2H6/c1-12-4-5-13(8-15(12)11-20)16(10-19(24)25-3)14-6-7-18-17(9-14)21-22-23(18)2;1-2/h4-9,16H,10-11H2,1-3H3;1-2H3. The number of halogens is 1. The molecule has 0 N–H and O–H groups in total. The number of carbonyl (C=O) groups excluding carboxylic acids is 1. The van der Waals surface area contributed by atoms with Gasteiger partial charge in [-0.1, -0.05) is 43.3 Å². The predicted molar refractivity (Wildman–Crippen MR) is 109 cm³/mol. The fourth-order valence-corrected chi connectivity index (χ4v) is 3.29. The van der Waals surface area contributed by atoms with E-state index < -0.39 is 0 Å². The third-order valence-electron chi connectivity index (χ3n) is 4.56. The van der Waals surface area contributed by atoms with Gasteiger partial charge in [-0.2, -0.15) is 0 Å². The second-order valence-electron chi connectivity index (χ2n) is 6.11. The van der Waals surface area contributed by atoms with E-state index in [0.29, 0.717) is 5.88 Å². The van der Waals surface area contributed by atoms with E-state index in [4.69, 9.17) is 16.3 Å². The van der Waals surface area contributed by atoms with Crippen molar-refractivity contribution < 1.29 is 9.53 Å². The van der Waals surface area contributed by atoms with Gasteiger partial charge in [-0.05, 0) is 41.3 Å². The van der Waals surface area contributed by atoms with E-state index in [1.807, 2.05) is 58.2 Å². The summed E-state index contributed by atoms with van der Waals surface area (Å²) >= 11 is 6.06. The Balaban J connectivity index is 0.00000126. The minimum atomic E-state index is -0.253. The van der Waals surface area contributed by atoms with Gasteiger partial charge in [-0.3, -0.25) is 4.79 Å². The molecular weight excluding hydrogens is 362 g/mol. The Morgan fingerprint density at radius 1 is 1.19 bits per heavy atom. The largest absolute Gasteiger partial charge is 0.469 e. The molecule has 0 aliphatic heterocycles. The van der Waals surface area contributed by atoms with Crippen molar-refractivity contribution in [3.63, 3.8) is 0 Å². The Hall–Kier alpha value is -2.40. The average Bonchev–Trinajstić information content (AvgIpc) is 3.08. The third kappa shape index (κ3) is 4.66. The Morgan fingerprint density at radius 3 is 2.52 bits per heavy atom. The molecule has 0 saturated carbocycles. The lowest BCUT2D eigenvalue weighted by atomic mass is 9.87. The van der Waals surface area contributed by atoms with Crippen LogP contribution >= 0.6 is 11.6 Å². The Kier molecular flexibility index (Phi) is 7.36. The Morgan fingerprint density at radius 2 is 1.85 bits per heavy atom. The van der Waals surface area contributed by atoms with Crippen molar-refractivity contribution in [2.24, 2.45) is 7.05 Å². The fourth-order valence-electron chi connectivity index (χ4n) is 3.00. The lowest BCUT2D eigenvalue weighted by Crippen LogP contribution is -2.10. The summed E-state index contributed by atoms with van der Waals surface area (Å²) in [7, 11) is 3.26. The molecule has 6 heteroatoms. The zero-order valence-corrected chi connectivity index (χ0v) is 17.2. The molecule has 0 aliphatic rings. The molecule has 0 amide bonds. The zero-order chi connectivity index (χ0) is 20.0. The number of fused-ring (bicyclic) bond motifs is 1. The summed E-state index contributed by atoms with van der Waals surface area (Å²) in [6.45, 7) is 6.03. The van der Waals surface area contributed by atoms with Gasteiger partial charge in [-0.15, -0.1) is 16.7 Å². The SMILES string of the molecule is CC.COC(=O)CC(c1ccc(C)c(CCl)c1)c1ccc2c(c1)nnn2C. The Labute approximate surface area is 165 Å². The molecule has 144 valence electrons. The summed E-state index contributed by atoms with van der Waals surface area (Å²) in [5, 5.41) is 8.22. The summed E-state index contributed by atoms with van der Waals surface area (Å²) in [6.07, 6.45) is 0.257. The highest BCUT2D eigenvalue weighted by Crippen LogP contribution is 2.31. The third-order valence-corrected chi connectivity index (χ3v) is 4.84. The Bertz CT molecular complexity index is 921. The van der Waals surface area contributed by atoms with Crippen LogP contribution in [0, 0.1) is 6.92 Å². The average molecular weight is 388 g/mol. The van der Waals surface area contributed by atoms with Gasteiger partial charge in [-0.25, -0.2) is 4.68 Å². The minimum Gasteiger partial charge on any atom is -0.469 e. The molecule has 0 fully saturated rings. The molecule has 1 unspecified atom stereocenters. The lowest BCUT2D eigenvalue weighted by molar-refractivity contribution is -0.140. The quantitative estimate of drug-likeness (QED) is 0.468. The lowest BCUT2D eigenvalue weighted by Gasteiger charge is -2.18. The zero-order valence-electron chi connectivity index (χ0n) is 16.5. The van der Waals surface area contributed by atoms with Gasteiger partial charge in [0.1, 0.15) is 5.52 Å². The van der Waals surface area contributed by atoms with Gasteiger partial charge in [0.05, 0.1) is 19.0 Å². The fraction of sp³-hybridized carbons (Fsp3) is 0.381. The number of carbonyl (C=O) groups is 1. The summed E-state index contributed by atoms with van der Waals surface area (Å²) in [4.78, 5) is 12.0. The highest BCUT2D eigenvalue weighted by atomic mass is 35.5. The van der Waals surface area contributed by atoms with E-state index in [1.165, 1.54) is 7.11 Å². The number of hydrogen-bond donors (Lipinski definition) is 0. The molecule has 1 heterocycles. The van der Waals surface area contributed by atoms with Gasteiger partial charge in [0, 0.05) is 18.8 Å². The molecule has 3 aromatic rings. The maximum absolute atomic E-state index is 12.0. The van der Waals surface area contributed by atoms with Crippen LogP contribution in [0.4, 0.5) is 0 Å². The second-order valence-corrected chi connectivity index (χ2v) is 6.38. The molecule has 3 rings (SSSR count). The van der Waals surface area contributed by atoms with Crippen LogP contribution in [0.25, 0.3) is 11.0 Å². The number of esters is 1. The smallest absolute Gasteiger partial charge is 0.306 e. The van der Waals surface area contributed by atoms with E-state index in [1.54, 1.807) is 4.68 Å². The highest BCUT2D eigenvalue weighted by Gasteiger charge is 2.20. The van der Waals surface area contributed by atoms with Crippen LogP contribution in [-0.2, 0) is 22.5 Å². The molecule has 5 nitrogen and oxygen atoms in total. The topological polar surface area (TPSA) is 57.0 Å². The van der Waals surface area contributed by atoms with Crippen LogP contribution in [-0.4, -0.2) is 28.1 Å². The monoisotopic (exact) mass is 387 g/mol. The van der Waals surface area contributed by atoms with Crippen molar-refractivity contribution in [3.05, 3.63) is 58.7 Å². The second kappa shape index (κ2) is 9.51. The number of ether oxygens (including phenoxy) is 1. The molecule has 0 aliphatic carbocycles. The number of nitrogens with zero attached hydrogens (tertiary/aromatic N) is 3. The highest BCUT2D eigenvalue weighted by molar-refractivity contribution is 6.17.